The Bertz CT molecular complexity index is 1080. The van der Waals surface area contributed by atoms with Crippen molar-refractivity contribution in [2.24, 2.45) is 0 Å². The summed E-state index contributed by atoms with van der Waals surface area (Å²) in [5.74, 6) is -0.153. The van der Waals surface area contributed by atoms with Gasteiger partial charge in [-0.25, -0.2) is 8.42 Å². The van der Waals surface area contributed by atoms with Gasteiger partial charge in [0, 0.05) is 23.7 Å². The number of fused-ring (bicyclic) bond motifs is 1. The molecule has 0 aromatic heterocycles. The zero-order chi connectivity index (χ0) is 20.1. The van der Waals surface area contributed by atoms with Crippen molar-refractivity contribution in [2.75, 3.05) is 22.4 Å². The van der Waals surface area contributed by atoms with Crippen molar-refractivity contribution in [1.82, 2.24) is 0 Å². The highest BCUT2D eigenvalue weighted by atomic mass is 35.5. The fourth-order valence-corrected chi connectivity index (χ4v) is 4.06. The Labute approximate surface area is 170 Å². The molecule has 0 heterocycles. The summed E-state index contributed by atoms with van der Waals surface area (Å²) in [6.45, 7) is 0.214. The summed E-state index contributed by atoms with van der Waals surface area (Å²) in [5, 5.41) is 5.56. The predicted molar refractivity (Wildman–Crippen MR) is 115 cm³/mol. The van der Waals surface area contributed by atoms with Crippen LogP contribution in [0.3, 0.4) is 0 Å². The Hall–Kier alpha value is -2.57. The van der Waals surface area contributed by atoms with Gasteiger partial charge in [0.15, 0.2) is 0 Å². The van der Waals surface area contributed by atoms with E-state index in [4.69, 9.17) is 11.6 Å². The van der Waals surface area contributed by atoms with Gasteiger partial charge in [0.1, 0.15) is 0 Å². The second kappa shape index (κ2) is 8.63. The molecule has 0 aliphatic heterocycles. The molecule has 0 atom stereocenters. The molecule has 3 aromatic rings. The predicted octanol–water partition coefficient (Wildman–Crippen LogP) is 4.68. The van der Waals surface area contributed by atoms with Crippen molar-refractivity contribution < 1.29 is 13.2 Å². The van der Waals surface area contributed by atoms with Crippen LogP contribution in [-0.2, 0) is 14.8 Å². The summed E-state index contributed by atoms with van der Waals surface area (Å²) in [6, 6.07) is 20.2. The Balaban J connectivity index is 1.60. The van der Waals surface area contributed by atoms with Crippen molar-refractivity contribution in [1.29, 1.82) is 0 Å². The summed E-state index contributed by atoms with van der Waals surface area (Å²) in [5.41, 5.74) is 1.25. The van der Waals surface area contributed by atoms with E-state index in [1.807, 2.05) is 42.5 Å². The second-order valence-electron chi connectivity index (χ2n) is 6.53. The van der Waals surface area contributed by atoms with Gasteiger partial charge in [-0.1, -0.05) is 41.9 Å². The van der Waals surface area contributed by atoms with E-state index >= 15 is 0 Å². The van der Waals surface area contributed by atoms with Gasteiger partial charge >= 0.3 is 0 Å². The van der Waals surface area contributed by atoms with Crippen LogP contribution >= 0.6 is 11.6 Å². The van der Waals surface area contributed by atoms with Crippen molar-refractivity contribution in [2.45, 2.75) is 12.8 Å². The number of rotatable bonds is 7. The van der Waals surface area contributed by atoms with E-state index in [2.05, 4.69) is 5.32 Å². The first kappa shape index (κ1) is 20.2. The third-order valence-corrected chi connectivity index (χ3v) is 5.76. The molecule has 3 aromatic carbocycles. The van der Waals surface area contributed by atoms with Crippen LogP contribution in [0.15, 0.2) is 66.7 Å². The lowest BCUT2D eigenvalue weighted by Crippen LogP contribution is -2.31. The second-order valence-corrected chi connectivity index (χ2v) is 8.87. The molecule has 0 radical (unpaired) electrons. The quantitative estimate of drug-likeness (QED) is 0.608. The smallest absolute Gasteiger partial charge is 0.232 e. The summed E-state index contributed by atoms with van der Waals surface area (Å²) in [6.07, 6.45) is 1.76. The number of carbonyl (C=O) groups is 1. The van der Waals surface area contributed by atoms with Crippen molar-refractivity contribution >= 4 is 49.7 Å². The number of amides is 1. The van der Waals surface area contributed by atoms with E-state index in [9.17, 15) is 13.2 Å². The van der Waals surface area contributed by atoms with Crippen LogP contribution in [0.5, 0.6) is 0 Å². The maximum atomic E-state index is 12.3. The summed E-state index contributed by atoms with van der Waals surface area (Å²) >= 11 is 5.87. The third-order valence-electron chi connectivity index (χ3n) is 4.31. The summed E-state index contributed by atoms with van der Waals surface area (Å²) in [7, 11) is -3.45. The first-order valence-electron chi connectivity index (χ1n) is 8.85. The molecule has 0 fully saturated rings. The number of nitrogens with zero attached hydrogens (tertiary/aromatic N) is 1. The Morgan fingerprint density at radius 1 is 1.00 bits per heavy atom. The highest BCUT2D eigenvalue weighted by molar-refractivity contribution is 7.92. The Morgan fingerprint density at radius 3 is 2.36 bits per heavy atom. The number of carbonyl (C=O) groups excluding carboxylic acids is 1. The van der Waals surface area contributed by atoms with Crippen molar-refractivity contribution in [3.8, 4) is 0 Å². The van der Waals surface area contributed by atoms with Gasteiger partial charge < -0.3 is 5.32 Å². The van der Waals surface area contributed by atoms with Crippen molar-refractivity contribution in [3.63, 3.8) is 0 Å². The van der Waals surface area contributed by atoms with Crippen LogP contribution in [0.25, 0.3) is 10.8 Å². The molecular formula is C21H21ClN2O3S. The molecule has 1 amide bonds. The Kier molecular flexibility index (Phi) is 6.21. The minimum absolute atomic E-state index is 0.153. The average molecular weight is 417 g/mol. The molecule has 0 aliphatic carbocycles. The van der Waals surface area contributed by atoms with E-state index in [0.717, 1.165) is 22.7 Å². The molecule has 0 saturated carbocycles. The number of sulfonamides is 1. The molecule has 1 N–H and O–H groups in total. The standard InChI is InChI=1S/C21H21ClN2O3S/c1-28(26,27)24(20-12-9-18(22)10-13-20)14-4-7-21(25)23-19-11-8-16-5-2-3-6-17(16)15-19/h2-3,5-6,8-13,15H,4,7,14H2,1H3,(H,23,25). The minimum Gasteiger partial charge on any atom is -0.326 e. The molecule has 7 heteroatoms. The van der Waals surface area contributed by atoms with Gasteiger partial charge in [-0.3, -0.25) is 9.10 Å². The molecule has 3 rings (SSSR count). The first-order chi connectivity index (χ1) is 13.3. The lowest BCUT2D eigenvalue weighted by Gasteiger charge is -2.22. The zero-order valence-corrected chi connectivity index (χ0v) is 17.0. The zero-order valence-electron chi connectivity index (χ0n) is 15.4. The van der Waals surface area contributed by atoms with Gasteiger partial charge in [0.2, 0.25) is 15.9 Å². The minimum atomic E-state index is -3.45. The normalized spacial score (nSPS) is 11.4. The average Bonchev–Trinajstić information content (AvgIpc) is 2.65. The van der Waals surface area contributed by atoms with Gasteiger partial charge in [-0.05, 0) is 53.6 Å². The Morgan fingerprint density at radius 2 is 1.68 bits per heavy atom. The lowest BCUT2D eigenvalue weighted by molar-refractivity contribution is -0.116. The van der Waals surface area contributed by atoms with Crippen LogP contribution in [0.4, 0.5) is 11.4 Å². The summed E-state index contributed by atoms with van der Waals surface area (Å²) in [4.78, 5) is 12.3. The van der Waals surface area contributed by atoms with Gasteiger partial charge in [0.25, 0.3) is 0 Å². The molecule has 28 heavy (non-hydrogen) atoms. The van der Waals surface area contributed by atoms with Crippen molar-refractivity contribution in [3.05, 3.63) is 71.8 Å². The van der Waals surface area contributed by atoms with Gasteiger partial charge in [-0.15, -0.1) is 0 Å². The fraction of sp³-hybridized carbons (Fsp3) is 0.190. The SMILES string of the molecule is CS(=O)(=O)N(CCCC(=O)Nc1ccc2ccccc2c1)c1ccc(Cl)cc1. The number of anilines is 2. The number of hydrogen-bond acceptors (Lipinski definition) is 3. The molecule has 5 nitrogen and oxygen atoms in total. The van der Waals surface area contributed by atoms with E-state index in [1.165, 1.54) is 4.31 Å². The molecule has 0 spiro atoms. The highest BCUT2D eigenvalue weighted by Gasteiger charge is 2.17. The van der Waals surface area contributed by atoms with E-state index in [1.54, 1.807) is 24.3 Å². The molecule has 0 unspecified atom stereocenters. The number of nitrogens with one attached hydrogen (secondary N) is 1. The van der Waals surface area contributed by atoms with E-state index in [-0.39, 0.29) is 18.9 Å². The van der Waals surface area contributed by atoms with E-state index in [0.29, 0.717) is 17.1 Å². The van der Waals surface area contributed by atoms with Crippen LogP contribution in [0.1, 0.15) is 12.8 Å². The molecule has 0 saturated heterocycles. The molecular weight excluding hydrogens is 396 g/mol. The lowest BCUT2D eigenvalue weighted by atomic mass is 10.1. The molecule has 0 bridgehead atoms. The van der Waals surface area contributed by atoms with Crippen LogP contribution in [0.2, 0.25) is 5.02 Å². The molecule has 146 valence electrons. The largest absolute Gasteiger partial charge is 0.326 e. The fourth-order valence-electron chi connectivity index (χ4n) is 2.97. The first-order valence-corrected chi connectivity index (χ1v) is 11.1. The van der Waals surface area contributed by atoms with Crippen LogP contribution in [0, 0.1) is 0 Å². The van der Waals surface area contributed by atoms with Crippen LogP contribution < -0.4 is 9.62 Å². The molecule has 0 aliphatic rings. The van der Waals surface area contributed by atoms with E-state index < -0.39 is 10.0 Å². The van der Waals surface area contributed by atoms with Gasteiger partial charge in [0.05, 0.1) is 11.9 Å². The third kappa shape index (κ3) is 5.24. The maximum Gasteiger partial charge on any atom is 0.232 e. The van der Waals surface area contributed by atoms with Crippen LogP contribution in [-0.4, -0.2) is 27.1 Å². The number of hydrogen-bond donors (Lipinski definition) is 1. The topological polar surface area (TPSA) is 66.5 Å². The monoisotopic (exact) mass is 416 g/mol. The number of benzene rings is 3. The maximum absolute atomic E-state index is 12.3. The number of halogens is 1. The highest BCUT2D eigenvalue weighted by Crippen LogP contribution is 2.22. The van der Waals surface area contributed by atoms with Gasteiger partial charge in [-0.2, -0.15) is 0 Å². The summed E-state index contributed by atoms with van der Waals surface area (Å²) < 4.78 is 25.5.